The van der Waals surface area contributed by atoms with Gasteiger partial charge < -0.3 is 0 Å². The monoisotopic (exact) mass is 228 g/mol. The molecule has 2 rings (SSSR count). The van der Waals surface area contributed by atoms with Gasteiger partial charge in [-0.15, -0.1) is 0 Å². The van der Waals surface area contributed by atoms with E-state index in [1.807, 2.05) is 0 Å². The summed E-state index contributed by atoms with van der Waals surface area (Å²) in [4.78, 5) is 7.88. The number of halogens is 1. The lowest BCUT2D eigenvalue weighted by molar-refractivity contribution is 0.610. The summed E-state index contributed by atoms with van der Waals surface area (Å²) in [5.74, 6) is 0. The molecule has 0 amide bonds. The first-order valence-electron chi connectivity index (χ1n) is 3.73. The average molecular weight is 229 g/mol. The highest BCUT2D eigenvalue weighted by molar-refractivity contribution is 8.14. The van der Waals surface area contributed by atoms with Crippen molar-refractivity contribution in [1.29, 1.82) is 0 Å². The molecule has 0 fully saturated rings. The summed E-state index contributed by atoms with van der Waals surface area (Å²) in [7, 11) is 1.52. The van der Waals surface area contributed by atoms with Crippen molar-refractivity contribution in [2.45, 2.75) is 4.90 Å². The molecule has 0 saturated heterocycles. The minimum Gasteiger partial charge on any atom is -0.237 e. The lowest BCUT2D eigenvalue weighted by atomic mass is 10.3. The molecule has 0 spiro atoms. The Labute approximate surface area is 85.0 Å². The molecule has 0 aliphatic heterocycles. The van der Waals surface area contributed by atoms with Gasteiger partial charge in [0.05, 0.1) is 4.90 Å². The Morgan fingerprint density at radius 2 is 1.86 bits per heavy atom. The van der Waals surface area contributed by atoms with Crippen molar-refractivity contribution in [2.24, 2.45) is 0 Å². The number of hydrogen-bond donors (Lipinski definition) is 0. The standard InChI is InChI=1S/C8H5ClN2O2S/c9-14(12,13)7-3-5-11-8-6(7)2-1-4-10-8/h1-5H. The van der Waals surface area contributed by atoms with E-state index in [4.69, 9.17) is 10.7 Å². The largest absolute Gasteiger partial charge is 0.262 e. The normalized spacial score (nSPS) is 11.8. The molecule has 72 valence electrons. The van der Waals surface area contributed by atoms with Crippen LogP contribution in [0.15, 0.2) is 35.5 Å². The quantitative estimate of drug-likeness (QED) is 0.695. The van der Waals surface area contributed by atoms with Gasteiger partial charge in [-0.25, -0.2) is 18.4 Å². The van der Waals surface area contributed by atoms with Crippen LogP contribution in [0, 0.1) is 0 Å². The second-order valence-electron chi connectivity index (χ2n) is 2.62. The third-order valence-electron chi connectivity index (χ3n) is 1.74. The van der Waals surface area contributed by atoms with Gasteiger partial charge in [-0.2, -0.15) is 0 Å². The number of pyridine rings is 2. The zero-order valence-corrected chi connectivity index (χ0v) is 8.46. The smallest absolute Gasteiger partial charge is 0.237 e. The van der Waals surface area contributed by atoms with Crippen LogP contribution in [0.25, 0.3) is 11.0 Å². The Balaban J connectivity index is 2.92. The van der Waals surface area contributed by atoms with Gasteiger partial charge in [0.1, 0.15) is 0 Å². The molecule has 0 aliphatic carbocycles. The van der Waals surface area contributed by atoms with Gasteiger partial charge in [-0.05, 0) is 18.2 Å². The molecule has 0 atom stereocenters. The van der Waals surface area contributed by atoms with Gasteiger partial charge >= 0.3 is 0 Å². The van der Waals surface area contributed by atoms with Gasteiger partial charge in [0.25, 0.3) is 9.05 Å². The van der Waals surface area contributed by atoms with Crippen molar-refractivity contribution < 1.29 is 8.42 Å². The minimum atomic E-state index is -3.74. The molecule has 2 aromatic rings. The molecule has 0 saturated carbocycles. The van der Waals surface area contributed by atoms with Crippen LogP contribution in [0.3, 0.4) is 0 Å². The molecule has 0 aromatic carbocycles. The summed E-state index contributed by atoms with van der Waals surface area (Å²) >= 11 is 0. The molecule has 2 heterocycles. The fourth-order valence-electron chi connectivity index (χ4n) is 1.17. The Morgan fingerprint density at radius 1 is 1.14 bits per heavy atom. The van der Waals surface area contributed by atoms with E-state index in [0.717, 1.165) is 0 Å². The Morgan fingerprint density at radius 3 is 2.57 bits per heavy atom. The maximum Gasteiger partial charge on any atom is 0.262 e. The summed E-state index contributed by atoms with van der Waals surface area (Å²) < 4.78 is 22.3. The van der Waals surface area contributed by atoms with Crippen LogP contribution in [-0.2, 0) is 9.05 Å². The zero-order chi connectivity index (χ0) is 10.2. The maximum absolute atomic E-state index is 11.2. The van der Waals surface area contributed by atoms with Crippen molar-refractivity contribution in [3.8, 4) is 0 Å². The first kappa shape index (κ1) is 9.36. The van der Waals surface area contributed by atoms with Crippen LogP contribution in [0.4, 0.5) is 0 Å². The Hall–Kier alpha value is -1.20. The van der Waals surface area contributed by atoms with Crippen LogP contribution >= 0.6 is 10.7 Å². The van der Waals surface area contributed by atoms with Gasteiger partial charge in [-0.1, -0.05) is 0 Å². The lowest BCUT2D eigenvalue weighted by Crippen LogP contribution is -1.94. The highest BCUT2D eigenvalue weighted by atomic mass is 35.7. The molecule has 2 aromatic heterocycles. The molecule has 0 radical (unpaired) electrons. The van der Waals surface area contributed by atoms with E-state index in [0.29, 0.717) is 11.0 Å². The van der Waals surface area contributed by atoms with Gasteiger partial charge in [0, 0.05) is 28.5 Å². The second-order valence-corrected chi connectivity index (χ2v) is 5.16. The van der Waals surface area contributed by atoms with E-state index in [1.165, 1.54) is 12.3 Å². The second kappa shape index (κ2) is 3.18. The predicted octanol–water partition coefficient (Wildman–Crippen LogP) is 1.56. The van der Waals surface area contributed by atoms with Gasteiger partial charge in [0.2, 0.25) is 0 Å². The molecule has 0 bridgehead atoms. The van der Waals surface area contributed by atoms with Crippen LogP contribution < -0.4 is 0 Å². The summed E-state index contributed by atoms with van der Waals surface area (Å²) in [5.41, 5.74) is 0.370. The van der Waals surface area contributed by atoms with Gasteiger partial charge in [0.15, 0.2) is 5.65 Å². The summed E-state index contributed by atoms with van der Waals surface area (Å²) in [6.45, 7) is 0. The van der Waals surface area contributed by atoms with Crippen molar-refractivity contribution >= 4 is 30.8 Å². The summed E-state index contributed by atoms with van der Waals surface area (Å²) in [6.07, 6.45) is 2.91. The SMILES string of the molecule is O=S(=O)(Cl)c1ccnc2ncccc12. The number of nitrogens with zero attached hydrogens (tertiary/aromatic N) is 2. The average Bonchev–Trinajstić information content (AvgIpc) is 2.15. The van der Waals surface area contributed by atoms with E-state index < -0.39 is 9.05 Å². The number of hydrogen-bond acceptors (Lipinski definition) is 4. The first-order chi connectivity index (χ1) is 6.59. The van der Waals surface area contributed by atoms with E-state index >= 15 is 0 Å². The Bertz CT molecular complexity index is 577. The molecule has 6 heteroatoms. The zero-order valence-electron chi connectivity index (χ0n) is 6.88. The van der Waals surface area contributed by atoms with E-state index in [2.05, 4.69) is 9.97 Å². The molecular formula is C8H5ClN2O2S. The van der Waals surface area contributed by atoms with Crippen LogP contribution in [0.1, 0.15) is 0 Å². The van der Waals surface area contributed by atoms with E-state index in [9.17, 15) is 8.42 Å². The number of aromatic nitrogens is 2. The molecule has 14 heavy (non-hydrogen) atoms. The maximum atomic E-state index is 11.2. The summed E-state index contributed by atoms with van der Waals surface area (Å²) in [5, 5.41) is 0.435. The fourth-order valence-corrected chi connectivity index (χ4v) is 2.22. The van der Waals surface area contributed by atoms with Crippen LogP contribution in [0.5, 0.6) is 0 Å². The molecule has 0 aliphatic rings. The highest BCUT2D eigenvalue weighted by Gasteiger charge is 2.14. The third kappa shape index (κ3) is 1.56. The van der Waals surface area contributed by atoms with Gasteiger partial charge in [-0.3, -0.25) is 0 Å². The van der Waals surface area contributed by atoms with Crippen LogP contribution in [-0.4, -0.2) is 18.4 Å². The first-order valence-corrected chi connectivity index (χ1v) is 6.04. The van der Waals surface area contributed by atoms with E-state index in [1.54, 1.807) is 18.3 Å². The lowest BCUT2D eigenvalue weighted by Gasteiger charge is -2.00. The number of rotatable bonds is 1. The number of fused-ring (bicyclic) bond motifs is 1. The topological polar surface area (TPSA) is 59.9 Å². The van der Waals surface area contributed by atoms with Crippen molar-refractivity contribution in [3.63, 3.8) is 0 Å². The predicted molar refractivity (Wildman–Crippen MR) is 52.6 cm³/mol. The van der Waals surface area contributed by atoms with Crippen molar-refractivity contribution in [2.75, 3.05) is 0 Å². The van der Waals surface area contributed by atoms with Crippen molar-refractivity contribution in [1.82, 2.24) is 9.97 Å². The Kier molecular flexibility index (Phi) is 2.13. The highest BCUT2D eigenvalue weighted by Crippen LogP contribution is 2.22. The van der Waals surface area contributed by atoms with E-state index in [-0.39, 0.29) is 4.90 Å². The molecular weight excluding hydrogens is 224 g/mol. The van der Waals surface area contributed by atoms with Crippen LogP contribution in [0.2, 0.25) is 0 Å². The molecule has 0 unspecified atom stereocenters. The molecule has 0 N–H and O–H groups in total. The molecule has 4 nitrogen and oxygen atoms in total. The third-order valence-corrected chi connectivity index (χ3v) is 3.12. The minimum absolute atomic E-state index is 0.0391. The van der Waals surface area contributed by atoms with Crippen molar-refractivity contribution in [3.05, 3.63) is 30.6 Å². The summed E-state index contributed by atoms with van der Waals surface area (Å²) in [6, 6.07) is 4.60. The fraction of sp³-hybridized carbons (Fsp3) is 0.